The third-order valence-corrected chi connectivity index (χ3v) is 3.65. The zero-order valence-electron chi connectivity index (χ0n) is 12.3. The average molecular weight is 387 g/mol. The van der Waals surface area contributed by atoms with Crippen LogP contribution in [-0.2, 0) is 0 Å². The van der Waals surface area contributed by atoms with Crippen LogP contribution in [0.15, 0.2) is 65.4 Å². The van der Waals surface area contributed by atoms with Crippen molar-refractivity contribution in [1.82, 2.24) is 9.97 Å². The number of benzene rings is 2. The van der Waals surface area contributed by atoms with Gasteiger partial charge >= 0.3 is 0 Å². The molecule has 0 saturated heterocycles. The quantitative estimate of drug-likeness (QED) is 0.698. The van der Waals surface area contributed by atoms with E-state index in [1.54, 1.807) is 24.3 Å². The van der Waals surface area contributed by atoms with Gasteiger partial charge in [0.2, 0.25) is 5.95 Å². The Morgan fingerprint density at radius 2 is 1.50 bits per heavy atom. The Morgan fingerprint density at radius 1 is 0.917 bits per heavy atom. The lowest BCUT2D eigenvalue weighted by molar-refractivity contribution is 0.102. The molecule has 2 aromatic carbocycles. The van der Waals surface area contributed by atoms with Crippen molar-refractivity contribution in [2.45, 2.75) is 0 Å². The van der Waals surface area contributed by atoms with Crippen LogP contribution < -0.4 is 10.6 Å². The van der Waals surface area contributed by atoms with E-state index in [1.807, 2.05) is 12.1 Å². The van der Waals surface area contributed by atoms with Crippen LogP contribution in [0, 0.1) is 5.82 Å². The summed E-state index contributed by atoms with van der Waals surface area (Å²) in [6, 6.07) is 13.1. The average Bonchev–Trinajstić information content (AvgIpc) is 2.59. The summed E-state index contributed by atoms with van der Waals surface area (Å²) in [5.74, 6) is -0.297. The molecule has 0 aliphatic carbocycles. The minimum Gasteiger partial charge on any atom is -0.324 e. The molecule has 7 heteroatoms. The van der Waals surface area contributed by atoms with Gasteiger partial charge in [-0.15, -0.1) is 0 Å². The highest BCUT2D eigenvalue weighted by atomic mass is 79.9. The first-order chi connectivity index (χ1) is 11.6. The third kappa shape index (κ3) is 4.14. The Kier molecular flexibility index (Phi) is 4.81. The van der Waals surface area contributed by atoms with Crippen molar-refractivity contribution in [3.05, 3.63) is 76.8 Å². The van der Waals surface area contributed by atoms with E-state index in [0.717, 1.165) is 4.47 Å². The number of nitrogens with one attached hydrogen (secondary N) is 2. The molecule has 0 bridgehead atoms. The van der Waals surface area contributed by atoms with Gasteiger partial charge in [0.1, 0.15) is 5.82 Å². The van der Waals surface area contributed by atoms with Crippen molar-refractivity contribution in [3.63, 3.8) is 0 Å². The first kappa shape index (κ1) is 16.1. The molecule has 2 N–H and O–H groups in total. The normalized spacial score (nSPS) is 10.2. The monoisotopic (exact) mass is 386 g/mol. The number of nitrogens with zero attached hydrogens (tertiary/aromatic N) is 2. The lowest BCUT2D eigenvalue weighted by atomic mass is 10.3. The van der Waals surface area contributed by atoms with Crippen LogP contribution in [0.25, 0.3) is 0 Å². The number of hydrogen-bond acceptors (Lipinski definition) is 4. The van der Waals surface area contributed by atoms with E-state index in [4.69, 9.17) is 0 Å². The minimum atomic E-state index is -0.318. The number of rotatable bonds is 4. The lowest BCUT2D eigenvalue weighted by Gasteiger charge is -2.07. The largest absolute Gasteiger partial charge is 0.324 e. The van der Waals surface area contributed by atoms with Gasteiger partial charge in [0.25, 0.3) is 5.91 Å². The summed E-state index contributed by atoms with van der Waals surface area (Å²) < 4.78 is 13.8. The van der Waals surface area contributed by atoms with Crippen LogP contribution in [-0.4, -0.2) is 15.9 Å². The van der Waals surface area contributed by atoms with Crippen molar-refractivity contribution in [2.24, 2.45) is 0 Å². The zero-order valence-corrected chi connectivity index (χ0v) is 13.9. The molecule has 0 spiro atoms. The maximum Gasteiger partial charge on any atom is 0.258 e. The minimum absolute atomic E-state index is 0.300. The standard InChI is InChI=1S/C17H12BrFN4O/c18-12-1-5-14(6-2-12)22-16(24)11-9-20-17(21-10-11)23-15-7-3-13(19)4-8-15/h1-10H,(H,22,24)(H,20,21,23). The highest BCUT2D eigenvalue weighted by molar-refractivity contribution is 9.10. The molecule has 0 unspecified atom stereocenters. The number of hydrogen-bond donors (Lipinski definition) is 2. The number of aromatic nitrogens is 2. The van der Waals surface area contributed by atoms with Crippen molar-refractivity contribution < 1.29 is 9.18 Å². The summed E-state index contributed by atoms with van der Waals surface area (Å²) in [7, 11) is 0. The number of carbonyl (C=O) groups is 1. The van der Waals surface area contributed by atoms with Gasteiger partial charge in [-0.05, 0) is 48.5 Å². The first-order valence-electron chi connectivity index (χ1n) is 7.02. The van der Waals surface area contributed by atoms with Gasteiger partial charge in [0.15, 0.2) is 0 Å². The van der Waals surface area contributed by atoms with Crippen LogP contribution in [0.4, 0.5) is 21.7 Å². The molecule has 0 fully saturated rings. The number of halogens is 2. The number of carbonyl (C=O) groups excluding carboxylic acids is 1. The molecule has 0 atom stereocenters. The second-order valence-electron chi connectivity index (χ2n) is 4.89. The SMILES string of the molecule is O=C(Nc1ccc(Br)cc1)c1cnc(Nc2ccc(F)cc2)nc1. The molecule has 1 heterocycles. The molecule has 1 aromatic heterocycles. The Hall–Kier alpha value is -2.80. The fourth-order valence-electron chi connectivity index (χ4n) is 1.91. The van der Waals surface area contributed by atoms with Gasteiger partial charge in [-0.3, -0.25) is 4.79 Å². The molecule has 0 saturated carbocycles. The summed E-state index contributed by atoms with van der Waals surface area (Å²) in [6.45, 7) is 0. The van der Waals surface area contributed by atoms with Crippen LogP contribution >= 0.6 is 15.9 Å². The summed E-state index contributed by atoms with van der Waals surface area (Å²) in [5, 5.41) is 5.69. The van der Waals surface area contributed by atoms with Gasteiger partial charge in [-0.1, -0.05) is 15.9 Å². The maximum absolute atomic E-state index is 12.9. The molecule has 3 aromatic rings. The fraction of sp³-hybridized carbons (Fsp3) is 0. The summed E-state index contributed by atoms with van der Waals surface area (Å²) >= 11 is 3.34. The van der Waals surface area contributed by atoms with E-state index in [9.17, 15) is 9.18 Å². The molecule has 1 amide bonds. The van der Waals surface area contributed by atoms with Crippen LogP contribution in [0.5, 0.6) is 0 Å². The van der Waals surface area contributed by atoms with E-state index < -0.39 is 0 Å². The highest BCUT2D eigenvalue weighted by Gasteiger charge is 2.08. The lowest BCUT2D eigenvalue weighted by Crippen LogP contribution is -2.13. The van der Waals surface area contributed by atoms with Crippen LogP contribution in [0.3, 0.4) is 0 Å². The predicted molar refractivity (Wildman–Crippen MR) is 93.8 cm³/mol. The highest BCUT2D eigenvalue weighted by Crippen LogP contribution is 2.16. The molecular weight excluding hydrogens is 375 g/mol. The molecule has 3 rings (SSSR count). The Morgan fingerprint density at radius 3 is 2.12 bits per heavy atom. The molecule has 0 aliphatic rings. The molecular formula is C17H12BrFN4O. The van der Waals surface area contributed by atoms with E-state index in [-0.39, 0.29) is 11.7 Å². The second-order valence-corrected chi connectivity index (χ2v) is 5.80. The van der Waals surface area contributed by atoms with Gasteiger partial charge in [0.05, 0.1) is 5.56 Å². The van der Waals surface area contributed by atoms with E-state index >= 15 is 0 Å². The summed E-state index contributed by atoms with van der Waals surface area (Å²) in [5.41, 5.74) is 1.67. The Balaban J connectivity index is 1.66. The second kappa shape index (κ2) is 7.18. The first-order valence-corrected chi connectivity index (χ1v) is 7.81. The van der Waals surface area contributed by atoms with Crippen molar-refractivity contribution >= 4 is 39.2 Å². The van der Waals surface area contributed by atoms with Crippen LogP contribution in [0.2, 0.25) is 0 Å². The van der Waals surface area contributed by atoms with Crippen molar-refractivity contribution in [2.75, 3.05) is 10.6 Å². The Labute approximate surface area is 146 Å². The maximum atomic E-state index is 12.9. The van der Waals surface area contributed by atoms with Crippen molar-refractivity contribution in [3.8, 4) is 0 Å². The topological polar surface area (TPSA) is 66.9 Å². The third-order valence-electron chi connectivity index (χ3n) is 3.12. The molecule has 5 nitrogen and oxygen atoms in total. The molecule has 0 radical (unpaired) electrons. The number of anilines is 3. The molecule has 0 aliphatic heterocycles. The van der Waals surface area contributed by atoms with E-state index in [0.29, 0.717) is 22.9 Å². The molecule has 120 valence electrons. The predicted octanol–water partition coefficient (Wildman–Crippen LogP) is 4.37. The summed E-state index contributed by atoms with van der Waals surface area (Å²) in [4.78, 5) is 20.3. The summed E-state index contributed by atoms with van der Waals surface area (Å²) in [6.07, 6.45) is 2.85. The van der Waals surface area contributed by atoms with E-state index in [2.05, 4.69) is 36.5 Å². The number of amides is 1. The van der Waals surface area contributed by atoms with Gasteiger partial charge in [-0.2, -0.15) is 0 Å². The van der Waals surface area contributed by atoms with Gasteiger partial charge < -0.3 is 10.6 Å². The van der Waals surface area contributed by atoms with E-state index in [1.165, 1.54) is 24.5 Å². The molecule has 24 heavy (non-hydrogen) atoms. The smallest absolute Gasteiger partial charge is 0.258 e. The fourth-order valence-corrected chi connectivity index (χ4v) is 2.17. The Bertz CT molecular complexity index is 836. The zero-order chi connectivity index (χ0) is 16.9. The van der Waals surface area contributed by atoms with Gasteiger partial charge in [0, 0.05) is 28.2 Å². The van der Waals surface area contributed by atoms with Crippen LogP contribution in [0.1, 0.15) is 10.4 Å². The van der Waals surface area contributed by atoms with Gasteiger partial charge in [-0.25, -0.2) is 14.4 Å². The van der Waals surface area contributed by atoms with Crippen molar-refractivity contribution in [1.29, 1.82) is 0 Å².